The molecule has 0 bridgehead atoms. The van der Waals surface area contributed by atoms with Gasteiger partial charge in [-0.3, -0.25) is 4.79 Å². The Bertz CT molecular complexity index is 505. The highest BCUT2D eigenvalue weighted by atomic mass is 127. The van der Waals surface area contributed by atoms with Gasteiger partial charge in [0.25, 0.3) is 5.91 Å². The number of nitrogens with zero attached hydrogens (tertiary/aromatic N) is 1. The molecule has 3 nitrogen and oxygen atoms in total. The van der Waals surface area contributed by atoms with Crippen molar-refractivity contribution in [2.45, 2.75) is 19.4 Å². The van der Waals surface area contributed by atoms with Crippen molar-refractivity contribution in [3.8, 4) is 0 Å². The van der Waals surface area contributed by atoms with E-state index in [0.717, 1.165) is 29.2 Å². The number of amides is 1. The van der Waals surface area contributed by atoms with Gasteiger partial charge in [0, 0.05) is 29.7 Å². The summed E-state index contributed by atoms with van der Waals surface area (Å²) in [6.07, 6.45) is 0.550. The summed E-state index contributed by atoms with van der Waals surface area (Å²) in [6.45, 7) is 3.21. The highest BCUT2D eigenvalue weighted by Gasteiger charge is 2.30. The van der Waals surface area contributed by atoms with E-state index < -0.39 is 0 Å². The second-order valence-electron chi connectivity index (χ2n) is 4.79. The predicted octanol–water partition coefficient (Wildman–Crippen LogP) is 3.34. The van der Waals surface area contributed by atoms with E-state index in [-0.39, 0.29) is 17.9 Å². The monoisotopic (exact) mass is 597 g/mol. The van der Waals surface area contributed by atoms with Gasteiger partial charge in [0.2, 0.25) is 0 Å². The van der Waals surface area contributed by atoms with Crippen molar-refractivity contribution in [2.75, 3.05) is 13.1 Å². The molecular formula is C13H14I3NO2. The number of rotatable bonds is 2. The normalized spacial score (nSPS) is 20.7. The fourth-order valence-corrected chi connectivity index (χ4v) is 4.63. The third-order valence-corrected chi connectivity index (χ3v) is 7.09. The molecule has 0 radical (unpaired) electrons. The lowest BCUT2D eigenvalue weighted by atomic mass is 10.0. The summed E-state index contributed by atoms with van der Waals surface area (Å²) in [5, 5.41) is 9.62. The van der Waals surface area contributed by atoms with Crippen molar-refractivity contribution in [3.05, 3.63) is 28.4 Å². The molecule has 19 heavy (non-hydrogen) atoms. The number of benzene rings is 1. The Morgan fingerprint density at radius 1 is 1.42 bits per heavy atom. The van der Waals surface area contributed by atoms with Gasteiger partial charge >= 0.3 is 0 Å². The fourth-order valence-electron chi connectivity index (χ4n) is 2.25. The minimum absolute atomic E-state index is 0.0870. The molecule has 0 saturated carbocycles. The molecule has 1 amide bonds. The molecule has 0 aromatic heterocycles. The van der Waals surface area contributed by atoms with Gasteiger partial charge < -0.3 is 10.0 Å². The van der Waals surface area contributed by atoms with Crippen molar-refractivity contribution < 1.29 is 9.90 Å². The molecule has 6 heteroatoms. The van der Waals surface area contributed by atoms with Crippen LogP contribution in [0.3, 0.4) is 0 Å². The molecule has 104 valence electrons. The van der Waals surface area contributed by atoms with Crippen molar-refractivity contribution in [1.82, 2.24) is 4.90 Å². The molecule has 2 rings (SSSR count). The molecule has 0 aliphatic carbocycles. The smallest absolute Gasteiger partial charge is 0.255 e. The summed E-state index contributed by atoms with van der Waals surface area (Å²) < 4.78 is 3.21. The number of carbonyl (C=O) groups excluding carboxylic acids is 1. The predicted molar refractivity (Wildman–Crippen MR) is 100 cm³/mol. The first-order valence-electron chi connectivity index (χ1n) is 6.02. The Labute approximate surface area is 153 Å². The van der Waals surface area contributed by atoms with Crippen molar-refractivity contribution in [3.63, 3.8) is 0 Å². The number of likely N-dealkylation sites (tertiary alicyclic amines) is 1. The molecule has 1 aliphatic rings. The van der Waals surface area contributed by atoms with Crippen molar-refractivity contribution >= 4 is 73.7 Å². The first-order chi connectivity index (χ1) is 8.90. The lowest BCUT2D eigenvalue weighted by Gasteiger charge is -2.19. The van der Waals surface area contributed by atoms with Crippen LogP contribution in [0, 0.1) is 16.6 Å². The molecule has 1 saturated heterocycles. The number of halogens is 3. The fraction of sp³-hybridized carbons (Fsp3) is 0.462. The Hall–Kier alpha value is 0.840. The lowest BCUT2D eigenvalue weighted by molar-refractivity contribution is 0.0761. The van der Waals surface area contributed by atoms with E-state index in [0.29, 0.717) is 6.54 Å². The second kappa shape index (κ2) is 6.73. The van der Waals surface area contributed by atoms with E-state index >= 15 is 0 Å². The second-order valence-corrected chi connectivity index (χ2v) is 8.28. The van der Waals surface area contributed by atoms with E-state index in [2.05, 4.69) is 73.8 Å². The van der Waals surface area contributed by atoms with E-state index in [1.54, 1.807) is 6.92 Å². The van der Waals surface area contributed by atoms with E-state index in [9.17, 15) is 9.90 Å². The molecule has 2 unspecified atom stereocenters. The van der Waals surface area contributed by atoms with Crippen LogP contribution in [-0.2, 0) is 0 Å². The Morgan fingerprint density at radius 2 is 2.11 bits per heavy atom. The van der Waals surface area contributed by atoms with E-state index in [1.165, 1.54) is 0 Å². The van der Waals surface area contributed by atoms with Crippen LogP contribution in [0.25, 0.3) is 0 Å². The summed E-state index contributed by atoms with van der Waals surface area (Å²) in [7, 11) is 0. The van der Waals surface area contributed by atoms with Crippen molar-refractivity contribution in [1.29, 1.82) is 0 Å². The molecule has 1 heterocycles. The van der Waals surface area contributed by atoms with Crippen LogP contribution in [0.4, 0.5) is 0 Å². The lowest BCUT2D eigenvalue weighted by Crippen LogP contribution is -2.31. The molecule has 0 spiro atoms. The van der Waals surface area contributed by atoms with E-state index in [4.69, 9.17) is 0 Å². The van der Waals surface area contributed by atoms with Gasteiger partial charge in [0.05, 0.1) is 11.7 Å². The third-order valence-electron chi connectivity index (χ3n) is 3.42. The largest absolute Gasteiger partial charge is 0.393 e. The zero-order chi connectivity index (χ0) is 14.2. The molecule has 1 fully saturated rings. The van der Waals surface area contributed by atoms with Crippen LogP contribution in [0.15, 0.2) is 12.1 Å². The van der Waals surface area contributed by atoms with E-state index in [1.807, 2.05) is 11.0 Å². The minimum atomic E-state index is -0.340. The number of aliphatic hydroxyl groups is 1. The SMILES string of the molecule is CC(O)C1CCN(C(=O)c2cc(I)cc(I)c2I)C1. The zero-order valence-electron chi connectivity index (χ0n) is 10.4. The average molecular weight is 597 g/mol. The number of hydrogen-bond acceptors (Lipinski definition) is 2. The van der Waals surface area contributed by atoms with Gasteiger partial charge in [0.1, 0.15) is 0 Å². The van der Waals surface area contributed by atoms with Crippen LogP contribution < -0.4 is 0 Å². The Balaban J connectivity index is 2.22. The Kier molecular flexibility index (Phi) is 5.75. The summed E-state index contributed by atoms with van der Waals surface area (Å²) in [5.74, 6) is 0.299. The first kappa shape index (κ1) is 16.2. The summed E-state index contributed by atoms with van der Waals surface area (Å²) in [4.78, 5) is 14.4. The Morgan fingerprint density at radius 3 is 2.68 bits per heavy atom. The van der Waals surface area contributed by atoms with Crippen molar-refractivity contribution in [2.24, 2.45) is 5.92 Å². The quantitative estimate of drug-likeness (QED) is 0.421. The van der Waals surface area contributed by atoms with Gasteiger partial charge in [-0.25, -0.2) is 0 Å². The summed E-state index contributed by atoms with van der Waals surface area (Å²) in [5.41, 5.74) is 0.781. The third kappa shape index (κ3) is 3.73. The first-order valence-corrected chi connectivity index (χ1v) is 9.25. The topological polar surface area (TPSA) is 40.5 Å². The van der Waals surface area contributed by atoms with Gasteiger partial charge in [-0.05, 0) is 93.2 Å². The number of aliphatic hydroxyl groups excluding tert-OH is 1. The molecule has 1 aromatic rings. The minimum Gasteiger partial charge on any atom is -0.393 e. The molecule has 1 N–H and O–H groups in total. The highest BCUT2D eigenvalue weighted by molar-refractivity contribution is 14.1. The van der Waals surface area contributed by atoms with Crippen LogP contribution in [-0.4, -0.2) is 35.1 Å². The van der Waals surface area contributed by atoms with Gasteiger partial charge in [-0.1, -0.05) is 0 Å². The zero-order valence-corrected chi connectivity index (χ0v) is 16.8. The van der Waals surface area contributed by atoms with Gasteiger partial charge in [-0.2, -0.15) is 0 Å². The molecule has 1 aromatic carbocycles. The molecule has 2 atom stereocenters. The standard InChI is InChI=1S/C13H14I3NO2/c1-7(18)8-2-3-17(6-8)13(19)10-4-9(14)5-11(15)12(10)16/h4-5,7-8,18H,2-3,6H2,1H3. The van der Waals surface area contributed by atoms with Crippen LogP contribution in [0.2, 0.25) is 0 Å². The number of hydrogen-bond donors (Lipinski definition) is 1. The number of carbonyl (C=O) groups is 1. The summed E-state index contributed by atoms with van der Waals surface area (Å²) in [6, 6.07) is 4.02. The van der Waals surface area contributed by atoms with Gasteiger partial charge in [-0.15, -0.1) is 0 Å². The average Bonchev–Trinajstić information content (AvgIpc) is 2.82. The van der Waals surface area contributed by atoms with Crippen LogP contribution in [0.5, 0.6) is 0 Å². The maximum atomic E-state index is 12.6. The van der Waals surface area contributed by atoms with Crippen LogP contribution >= 0.6 is 67.8 Å². The summed E-state index contributed by atoms with van der Waals surface area (Å²) >= 11 is 6.74. The maximum absolute atomic E-state index is 12.6. The van der Waals surface area contributed by atoms with Gasteiger partial charge in [0.15, 0.2) is 0 Å². The molecule has 1 aliphatic heterocycles. The maximum Gasteiger partial charge on any atom is 0.255 e. The molecular weight excluding hydrogens is 583 g/mol. The highest BCUT2D eigenvalue weighted by Crippen LogP contribution is 2.27. The van der Waals surface area contributed by atoms with Crippen LogP contribution in [0.1, 0.15) is 23.7 Å².